The molecule has 0 fully saturated rings. The average molecular weight is 967 g/mol. The van der Waals surface area contributed by atoms with Crippen LogP contribution in [0.4, 0.5) is 0 Å². The van der Waals surface area contributed by atoms with Crippen LogP contribution in [-0.4, -0.2) is 19.1 Å². The Bertz CT molecular complexity index is 4570. The van der Waals surface area contributed by atoms with Gasteiger partial charge in [0.1, 0.15) is 0 Å². The molecule has 3 aromatic heterocycles. The molecule has 0 bridgehead atoms. The molecule has 0 radical (unpaired) electrons. The quantitative estimate of drug-likeness (QED) is 0.149. The van der Waals surface area contributed by atoms with Gasteiger partial charge < -0.3 is 9.13 Å². The summed E-state index contributed by atoms with van der Waals surface area (Å²) in [6.45, 7) is 0. The molecule has 0 spiro atoms. The van der Waals surface area contributed by atoms with Crippen molar-refractivity contribution in [3.05, 3.63) is 253 Å². The van der Waals surface area contributed by atoms with E-state index in [1.54, 1.807) is 12.1 Å². The summed E-state index contributed by atoms with van der Waals surface area (Å²) in [6, 6.07) is 86.5. The van der Waals surface area contributed by atoms with Crippen LogP contribution in [0.3, 0.4) is 0 Å². The fourth-order valence-corrected chi connectivity index (χ4v) is 10.7. The molecule has 10 aromatic carbocycles. The lowest BCUT2D eigenvalue weighted by Gasteiger charge is -2.20. The highest BCUT2D eigenvalue weighted by Crippen LogP contribution is 2.44. The Balaban J connectivity index is 1.08. The molecule has 350 valence electrons. The summed E-state index contributed by atoms with van der Waals surface area (Å²) in [4.78, 5) is 10.6. The van der Waals surface area contributed by atoms with Crippen molar-refractivity contribution in [1.29, 1.82) is 21.0 Å². The number of fused-ring (bicyclic) bond motifs is 6. The Morgan fingerprint density at radius 2 is 0.684 bits per heavy atom. The van der Waals surface area contributed by atoms with Gasteiger partial charge in [-0.3, -0.25) is 0 Å². The van der Waals surface area contributed by atoms with Crippen LogP contribution < -0.4 is 0 Å². The predicted octanol–water partition coefficient (Wildman–Crippen LogP) is 16.2. The van der Waals surface area contributed by atoms with Gasteiger partial charge in [-0.15, -0.1) is 0 Å². The molecular weight excluding hydrogens is 929 g/mol. The maximum Gasteiger partial charge on any atom is 0.160 e. The maximum atomic E-state index is 9.90. The molecule has 0 atom stereocenters. The first-order valence-corrected chi connectivity index (χ1v) is 24.7. The first-order chi connectivity index (χ1) is 37.5. The van der Waals surface area contributed by atoms with Crippen LogP contribution in [-0.2, 0) is 0 Å². The second-order valence-corrected chi connectivity index (χ2v) is 18.7. The smallest absolute Gasteiger partial charge is 0.160 e. The van der Waals surface area contributed by atoms with E-state index < -0.39 is 0 Å². The molecule has 0 saturated heterocycles. The maximum absolute atomic E-state index is 9.90. The van der Waals surface area contributed by atoms with E-state index in [4.69, 9.17) is 9.97 Å². The fourth-order valence-electron chi connectivity index (χ4n) is 10.7. The van der Waals surface area contributed by atoms with E-state index in [9.17, 15) is 21.0 Å². The zero-order chi connectivity index (χ0) is 51.3. The summed E-state index contributed by atoms with van der Waals surface area (Å²) in [5.74, 6) is 0.582. The van der Waals surface area contributed by atoms with E-state index in [-0.39, 0.29) is 0 Å². The van der Waals surface area contributed by atoms with E-state index in [1.165, 1.54) is 0 Å². The van der Waals surface area contributed by atoms with Crippen molar-refractivity contribution in [1.82, 2.24) is 19.1 Å². The summed E-state index contributed by atoms with van der Waals surface area (Å²) in [5.41, 5.74) is 17.3. The van der Waals surface area contributed by atoms with E-state index in [2.05, 4.69) is 191 Å². The van der Waals surface area contributed by atoms with Crippen LogP contribution >= 0.6 is 0 Å². The van der Waals surface area contributed by atoms with Gasteiger partial charge in [-0.05, 0) is 125 Å². The number of benzene rings is 10. The van der Waals surface area contributed by atoms with Gasteiger partial charge in [0.2, 0.25) is 0 Å². The Hall–Kier alpha value is -11.2. The summed E-state index contributed by atoms with van der Waals surface area (Å²) >= 11 is 0. The molecule has 0 aliphatic carbocycles. The van der Waals surface area contributed by atoms with Crippen molar-refractivity contribution in [3.8, 4) is 103 Å². The van der Waals surface area contributed by atoms with E-state index in [0.717, 1.165) is 116 Å². The highest BCUT2D eigenvalue weighted by atomic mass is 15.0. The van der Waals surface area contributed by atoms with E-state index in [1.807, 2.05) is 60.7 Å². The standard InChI is InChI=1S/C68H38N8/c69-39-43-29-44(40-70)32-52(31-43)49-23-26-65-57(35-49)54-17-7-10-20-62(54)75(65)63-21-11-9-19-56(63)59-37-51(68-73-60(47-13-3-1-4-14-47)38-61(74-68)48-15-5-2-6-16-48)25-28-67(59)76-64-22-12-8-18-55(64)58-36-50(24-27-66(58)76)53-33-45(41-71)30-46(34-53)42-72/h1-38H. The Kier molecular flexibility index (Phi) is 10.9. The fraction of sp³-hybridized carbons (Fsp3) is 0. The molecule has 8 nitrogen and oxygen atoms in total. The van der Waals surface area contributed by atoms with Gasteiger partial charge in [0.15, 0.2) is 5.82 Å². The minimum Gasteiger partial charge on any atom is -0.309 e. The van der Waals surface area contributed by atoms with Crippen LogP contribution in [0.15, 0.2) is 231 Å². The topological polar surface area (TPSA) is 131 Å². The number of hydrogen-bond acceptors (Lipinski definition) is 6. The van der Waals surface area contributed by atoms with Crippen molar-refractivity contribution in [2.24, 2.45) is 0 Å². The molecule has 0 saturated carbocycles. The molecule has 8 heteroatoms. The van der Waals surface area contributed by atoms with Gasteiger partial charge >= 0.3 is 0 Å². The molecule has 0 unspecified atom stereocenters. The molecule has 0 aliphatic heterocycles. The predicted molar refractivity (Wildman–Crippen MR) is 302 cm³/mol. The van der Waals surface area contributed by atoms with Crippen molar-refractivity contribution in [2.75, 3.05) is 0 Å². The highest BCUT2D eigenvalue weighted by Gasteiger charge is 2.23. The molecule has 0 aliphatic rings. The molecule has 3 heterocycles. The monoisotopic (exact) mass is 966 g/mol. The first kappa shape index (κ1) is 44.8. The molecular formula is C68H38N8. The molecule has 0 amide bonds. The van der Waals surface area contributed by atoms with Gasteiger partial charge in [0.05, 0.1) is 91.4 Å². The minimum absolute atomic E-state index is 0.428. The third-order valence-corrected chi connectivity index (χ3v) is 14.2. The number of nitriles is 4. The second kappa shape index (κ2) is 18.5. The summed E-state index contributed by atoms with van der Waals surface area (Å²) < 4.78 is 4.66. The third-order valence-electron chi connectivity index (χ3n) is 14.2. The summed E-state index contributed by atoms with van der Waals surface area (Å²) in [6.07, 6.45) is 0. The zero-order valence-corrected chi connectivity index (χ0v) is 40.5. The van der Waals surface area contributed by atoms with Gasteiger partial charge in [-0.1, -0.05) is 127 Å². The largest absolute Gasteiger partial charge is 0.309 e. The van der Waals surface area contributed by atoms with E-state index >= 15 is 0 Å². The zero-order valence-electron chi connectivity index (χ0n) is 40.5. The van der Waals surface area contributed by atoms with Crippen molar-refractivity contribution in [3.63, 3.8) is 0 Å². The van der Waals surface area contributed by atoms with Crippen LogP contribution in [0.1, 0.15) is 22.3 Å². The lowest BCUT2D eigenvalue weighted by molar-refractivity contribution is 1.15. The average Bonchev–Trinajstić information content (AvgIpc) is 4.12. The summed E-state index contributed by atoms with van der Waals surface area (Å²) in [7, 11) is 0. The molecule has 76 heavy (non-hydrogen) atoms. The number of rotatable bonds is 8. The van der Waals surface area contributed by atoms with Gasteiger partial charge in [0, 0.05) is 49.4 Å². The normalized spacial score (nSPS) is 11.1. The second-order valence-electron chi connectivity index (χ2n) is 18.7. The Labute approximate surface area is 437 Å². The number of para-hydroxylation sites is 3. The Morgan fingerprint density at radius 3 is 1.17 bits per heavy atom. The van der Waals surface area contributed by atoms with Crippen LogP contribution in [0.25, 0.3) is 122 Å². The Morgan fingerprint density at radius 1 is 0.276 bits per heavy atom. The first-order valence-electron chi connectivity index (χ1n) is 24.7. The number of nitrogens with zero attached hydrogens (tertiary/aromatic N) is 8. The van der Waals surface area contributed by atoms with Gasteiger partial charge in [-0.25, -0.2) is 9.97 Å². The third kappa shape index (κ3) is 7.68. The minimum atomic E-state index is 0.428. The summed E-state index contributed by atoms with van der Waals surface area (Å²) in [5, 5.41) is 43.7. The number of hydrogen-bond donors (Lipinski definition) is 0. The number of aromatic nitrogens is 4. The molecule has 0 N–H and O–H groups in total. The lowest BCUT2D eigenvalue weighted by Crippen LogP contribution is -2.03. The van der Waals surface area contributed by atoms with Crippen molar-refractivity contribution < 1.29 is 0 Å². The van der Waals surface area contributed by atoms with Gasteiger partial charge in [0.25, 0.3) is 0 Å². The van der Waals surface area contributed by atoms with Crippen LogP contribution in [0.5, 0.6) is 0 Å². The van der Waals surface area contributed by atoms with Crippen LogP contribution in [0, 0.1) is 45.3 Å². The van der Waals surface area contributed by atoms with Crippen molar-refractivity contribution in [2.45, 2.75) is 0 Å². The molecule has 13 rings (SSSR count). The van der Waals surface area contributed by atoms with Gasteiger partial charge in [-0.2, -0.15) is 21.0 Å². The molecule has 13 aromatic rings. The highest BCUT2D eigenvalue weighted by molar-refractivity contribution is 6.13. The van der Waals surface area contributed by atoms with Crippen LogP contribution in [0.2, 0.25) is 0 Å². The van der Waals surface area contributed by atoms with Crippen molar-refractivity contribution >= 4 is 43.6 Å². The SMILES string of the molecule is N#Cc1cc(C#N)cc(-c2ccc3c(c2)c2ccccc2n3-c2ccccc2-c2cc(-c3nc(-c4ccccc4)cc(-c4ccccc4)n3)ccc2-n2c3ccccc3c3cc(-c4cc(C#N)cc(C#N)c4)ccc32)c1. The van der Waals surface area contributed by atoms with E-state index in [0.29, 0.717) is 28.1 Å². The lowest BCUT2D eigenvalue weighted by atomic mass is 9.97.